The van der Waals surface area contributed by atoms with Crippen LogP contribution in [0.15, 0.2) is 35.2 Å². The molecule has 1 unspecified atom stereocenters. The van der Waals surface area contributed by atoms with Gasteiger partial charge in [-0.15, -0.1) is 11.8 Å². The Hall–Kier alpha value is -1.05. The SMILES string of the molecule is CC(C)C(CSc1ccccc1)CN1C(=O)CN(C)S1(=O)=O. The Kier molecular flexibility index (Phi) is 5.52. The Morgan fingerprint density at radius 3 is 2.36 bits per heavy atom. The summed E-state index contributed by atoms with van der Waals surface area (Å²) in [7, 11) is -2.18. The molecule has 1 heterocycles. The van der Waals surface area contributed by atoms with E-state index in [2.05, 4.69) is 13.8 Å². The number of nitrogens with zero attached hydrogens (tertiary/aromatic N) is 2. The van der Waals surface area contributed by atoms with Crippen LogP contribution >= 0.6 is 11.8 Å². The van der Waals surface area contributed by atoms with Gasteiger partial charge in [-0.05, 0) is 24.0 Å². The lowest BCUT2D eigenvalue weighted by molar-refractivity contribution is -0.125. The van der Waals surface area contributed by atoms with Gasteiger partial charge in [0.25, 0.3) is 5.91 Å². The molecule has 2 rings (SSSR count). The van der Waals surface area contributed by atoms with E-state index in [9.17, 15) is 13.2 Å². The molecule has 22 heavy (non-hydrogen) atoms. The summed E-state index contributed by atoms with van der Waals surface area (Å²) >= 11 is 1.70. The third-order valence-electron chi connectivity index (χ3n) is 3.86. The predicted molar refractivity (Wildman–Crippen MR) is 88.8 cm³/mol. The lowest BCUT2D eigenvalue weighted by atomic mass is 9.98. The van der Waals surface area contributed by atoms with E-state index in [1.54, 1.807) is 11.8 Å². The first kappa shape index (κ1) is 17.3. The van der Waals surface area contributed by atoms with Crippen molar-refractivity contribution >= 4 is 27.9 Å². The summed E-state index contributed by atoms with van der Waals surface area (Å²) < 4.78 is 26.5. The maximum atomic E-state index is 12.2. The van der Waals surface area contributed by atoms with Gasteiger partial charge in [0, 0.05) is 24.2 Å². The van der Waals surface area contributed by atoms with E-state index in [4.69, 9.17) is 0 Å². The van der Waals surface area contributed by atoms with Gasteiger partial charge in [0.05, 0.1) is 6.54 Å². The zero-order chi connectivity index (χ0) is 16.3. The normalized spacial score (nSPS) is 19.8. The fourth-order valence-electron chi connectivity index (χ4n) is 2.23. The van der Waals surface area contributed by atoms with Gasteiger partial charge >= 0.3 is 10.2 Å². The molecule has 0 aromatic heterocycles. The second-order valence-electron chi connectivity index (χ2n) is 5.82. The molecule has 1 fully saturated rings. The topological polar surface area (TPSA) is 57.7 Å². The molecule has 1 saturated heterocycles. The van der Waals surface area contributed by atoms with Crippen LogP contribution in [0.3, 0.4) is 0 Å². The number of amides is 1. The van der Waals surface area contributed by atoms with E-state index in [1.807, 2.05) is 30.3 Å². The van der Waals surface area contributed by atoms with Crippen LogP contribution in [0.1, 0.15) is 13.8 Å². The molecule has 0 bridgehead atoms. The highest BCUT2D eigenvalue weighted by atomic mass is 32.2. The third-order valence-corrected chi connectivity index (χ3v) is 6.89. The maximum Gasteiger partial charge on any atom is 0.306 e. The Bertz CT molecular complexity index is 617. The minimum Gasteiger partial charge on any atom is -0.272 e. The van der Waals surface area contributed by atoms with Crippen LogP contribution in [0.5, 0.6) is 0 Å². The molecular weight excluding hydrogens is 320 g/mol. The van der Waals surface area contributed by atoms with Crippen molar-refractivity contribution in [3.8, 4) is 0 Å². The summed E-state index contributed by atoms with van der Waals surface area (Å²) in [6.07, 6.45) is 0. The van der Waals surface area contributed by atoms with E-state index in [0.717, 1.165) is 19.3 Å². The lowest BCUT2D eigenvalue weighted by Gasteiger charge is -2.25. The number of rotatable bonds is 6. The Morgan fingerprint density at radius 2 is 1.86 bits per heavy atom. The van der Waals surface area contributed by atoms with Crippen LogP contribution in [0, 0.1) is 11.8 Å². The highest BCUT2D eigenvalue weighted by Gasteiger charge is 2.41. The van der Waals surface area contributed by atoms with Crippen molar-refractivity contribution in [2.45, 2.75) is 18.7 Å². The van der Waals surface area contributed by atoms with E-state index in [-0.39, 0.29) is 24.9 Å². The number of hydrogen-bond donors (Lipinski definition) is 0. The van der Waals surface area contributed by atoms with Crippen LogP contribution in [0.25, 0.3) is 0 Å². The summed E-state index contributed by atoms with van der Waals surface area (Å²) in [5.74, 6) is 0.864. The molecule has 0 spiro atoms. The zero-order valence-electron chi connectivity index (χ0n) is 13.1. The molecule has 0 N–H and O–H groups in total. The number of thioether (sulfide) groups is 1. The van der Waals surface area contributed by atoms with Gasteiger partial charge < -0.3 is 0 Å². The van der Waals surface area contributed by atoms with E-state index < -0.39 is 10.2 Å². The van der Waals surface area contributed by atoms with Gasteiger partial charge in [0.1, 0.15) is 0 Å². The quantitative estimate of drug-likeness (QED) is 0.743. The van der Waals surface area contributed by atoms with E-state index >= 15 is 0 Å². The van der Waals surface area contributed by atoms with Crippen LogP contribution in [0.4, 0.5) is 0 Å². The highest BCUT2D eigenvalue weighted by molar-refractivity contribution is 7.99. The molecule has 0 radical (unpaired) electrons. The molecule has 122 valence electrons. The summed E-state index contributed by atoms with van der Waals surface area (Å²) in [5.41, 5.74) is 0. The minimum atomic E-state index is -3.62. The highest BCUT2D eigenvalue weighted by Crippen LogP contribution is 2.27. The molecule has 1 aromatic rings. The average Bonchev–Trinajstić information content (AvgIpc) is 2.65. The van der Waals surface area contributed by atoms with Crippen molar-refractivity contribution in [2.75, 3.05) is 25.9 Å². The minimum absolute atomic E-state index is 0.0566. The first-order valence-corrected chi connectivity index (χ1v) is 9.65. The van der Waals surface area contributed by atoms with Crippen molar-refractivity contribution < 1.29 is 13.2 Å². The second kappa shape index (κ2) is 7.02. The Balaban J connectivity index is 2.05. The molecule has 1 aliphatic heterocycles. The largest absolute Gasteiger partial charge is 0.306 e. The van der Waals surface area contributed by atoms with Crippen molar-refractivity contribution in [1.82, 2.24) is 8.61 Å². The van der Waals surface area contributed by atoms with Gasteiger partial charge in [-0.1, -0.05) is 32.0 Å². The van der Waals surface area contributed by atoms with Crippen molar-refractivity contribution in [3.63, 3.8) is 0 Å². The number of likely N-dealkylation sites (N-methyl/N-ethyl adjacent to an activating group) is 1. The van der Waals surface area contributed by atoms with Gasteiger partial charge in [-0.2, -0.15) is 12.7 Å². The third kappa shape index (κ3) is 3.83. The molecule has 1 aromatic carbocycles. The van der Waals surface area contributed by atoms with Crippen molar-refractivity contribution in [2.24, 2.45) is 11.8 Å². The molecule has 5 nitrogen and oxygen atoms in total. The maximum absolute atomic E-state index is 12.2. The fourth-order valence-corrected chi connectivity index (χ4v) is 4.78. The van der Waals surface area contributed by atoms with Crippen LogP contribution in [-0.2, 0) is 15.0 Å². The smallest absolute Gasteiger partial charge is 0.272 e. The van der Waals surface area contributed by atoms with Gasteiger partial charge in [-0.3, -0.25) is 4.79 Å². The number of carbonyl (C=O) groups is 1. The van der Waals surface area contributed by atoms with Crippen molar-refractivity contribution in [3.05, 3.63) is 30.3 Å². The number of carbonyl (C=O) groups excluding carboxylic acids is 1. The van der Waals surface area contributed by atoms with Gasteiger partial charge in [-0.25, -0.2) is 4.31 Å². The fraction of sp³-hybridized carbons (Fsp3) is 0.533. The number of benzene rings is 1. The molecule has 1 amide bonds. The molecule has 7 heteroatoms. The van der Waals surface area contributed by atoms with Gasteiger partial charge in [0.15, 0.2) is 0 Å². The summed E-state index contributed by atoms with van der Waals surface area (Å²) in [4.78, 5) is 13.1. The molecule has 1 atom stereocenters. The first-order chi connectivity index (χ1) is 10.3. The summed E-state index contributed by atoms with van der Waals surface area (Å²) in [6, 6.07) is 10.0. The average molecular weight is 342 g/mol. The lowest BCUT2D eigenvalue weighted by Crippen LogP contribution is -2.38. The van der Waals surface area contributed by atoms with Crippen LogP contribution in [0.2, 0.25) is 0 Å². The molecule has 0 saturated carbocycles. The van der Waals surface area contributed by atoms with Crippen LogP contribution in [-0.4, -0.2) is 48.8 Å². The zero-order valence-corrected chi connectivity index (χ0v) is 14.7. The monoisotopic (exact) mass is 342 g/mol. The molecule has 0 aliphatic carbocycles. The van der Waals surface area contributed by atoms with E-state index in [0.29, 0.717) is 5.92 Å². The van der Waals surface area contributed by atoms with E-state index in [1.165, 1.54) is 7.05 Å². The molecular formula is C15H22N2O3S2. The van der Waals surface area contributed by atoms with Gasteiger partial charge in [0.2, 0.25) is 0 Å². The molecule has 1 aliphatic rings. The first-order valence-electron chi connectivity index (χ1n) is 7.27. The number of hydrogen-bond acceptors (Lipinski definition) is 4. The summed E-state index contributed by atoms with van der Waals surface area (Å²) in [6.45, 7) is 4.32. The second-order valence-corrected chi connectivity index (χ2v) is 8.87. The van der Waals surface area contributed by atoms with Crippen molar-refractivity contribution in [1.29, 1.82) is 0 Å². The summed E-state index contributed by atoms with van der Waals surface area (Å²) in [5, 5.41) is 0. The predicted octanol–water partition coefficient (Wildman–Crippen LogP) is 2.07. The van der Waals surface area contributed by atoms with Crippen LogP contribution < -0.4 is 0 Å². The Morgan fingerprint density at radius 1 is 1.23 bits per heavy atom. The standard InChI is InChI=1S/C15H22N2O3S2/c1-12(2)13(11-21-14-7-5-4-6-8-14)9-17-15(18)10-16(3)22(17,19)20/h4-8,12-13H,9-11H2,1-3H3. The Labute approximate surface area is 136 Å².